The third kappa shape index (κ3) is 5.05. The molecule has 3 aromatic rings. The predicted octanol–water partition coefficient (Wildman–Crippen LogP) is 3.44. The van der Waals surface area contributed by atoms with Crippen LogP contribution in [0.2, 0.25) is 0 Å². The van der Waals surface area contributed by atoms with Crippen LogP contribution in [0.25, 0.3) is 11.3 Å². The third-order valence-corrected chi connectivity index (χ3v) is 4.90. The second kappa shape index (κ2) is 7.77. The van der Waals surface area contributed by atoms with E-state index in [0.29, 0.717) is 27.8 Å². The largest absolute Gasteiger partial charge is 0.497 e. The first-order valence-corrected chi connectivity index (χ1v) is 10.6. The molecule has 0 unspecified atom stereocenters. The van der Waals surface area contributed by atoms with Gasteiger partial charge in [0.1, 0.15) is 5.75 Å². The van der Waals surface area contributed by atoms with Crippen LogP contribution in [0.15, 0.2) is 53.9 Å². The van der Waals surface area contributed by atoms with E-state index in [2.05, 4.69) is 15.0 Å². The molecule has 0 atom stereocenters. The number of thiazole rings is 1. The first-order valence-electron chi connectivity index (χ1n) is 7.83. The molecule has 9 heteroatoms. The highest BCUT2D eigenvalue weighted by Gasteiger charge is 2.11. The summed E-state index contributed by atoms with van der Waals surface area (Å²) in [6.45, 7) is 0. The second-order valence-electron chi connectivity index (χ2n) is 5.68. The van der Waals surface area contributed by atoms with Gasteiger partial charge in [0.2, 0.25) is 10.0 Å². The third-order valence-electron chi connectivity index (χ3n) is 3.54. The SMILES string of the molecule is COc1cccc(C(=O)Nc2nc(-c3ccc(NS(C)(=O)=O)cc3)cs2)c1. The van der Waals surface area contributed by atoms with Gasteiger partial charge < -0.3 is 4.74 Å². The Hall–Kier alpha value is -2.91. The predicted molar refractivity (Wildman–Crippen MR) is 107 cm³/mol. The van der Waals surface area contributed by atoms with Gasteiger partial charge >= 0.3 is 0 Å². The van der Waals surface area contributed by atoms with E-state index >= 15 is 0 Å². The molecular formula is C18H17N3O4S2. The van der Waals surface area contributed by atoms with Gasteiger partial charge in [-0.15, -0.1) is 11.3 Å². The minimum Gasteiger partial charge on any atom is -0.497 e. The van der Waals surface area contributed by atoms with E-state index in [1.54, 1.807) is 55.6 Å². The standard InChI is InChI=1S/C18H17N3O4S2/c1-25-15-5-3-4-13(10-15)17(22)20-18-19-16(11-26-18)12-6-8-14(9-7-12)21-27(2,23)24/h3-11,21H,1-2H3,(H,19,20,22). The summed E-state index contributed by atoms with van der Waals surface area (Å²) in [6.07, 6.45) is 1.10. The molecule has 2 N–H and O–H groups in total. The number of amides is 1. The van der Waals surface area contributed by atoms with E-state index in [4.69, 9.17) is 4.74 Å². The summed E-state index contributed by atoms with van der Waals surface area (Å²) < 4.78 is 30.0. The van der Waals surface area contributed by atoms with Crippen LogP contribution in [0.4, 0.5) is 10.8 Å². The quantitative estimate of drug-likeness (QED) is 0.657. The number of carbonyl (C=O) groups is 1. The Bertz CT molecular complexity index is 1060. The smallest absolute Gasteiger partial charge is 0.257 e. The summed E-state index contributed by atoms with van der Waals surface area (Å²) in [6, 6.07) is 13.7. The Kier molecular flexibility index (Phi) is 5.43. The van der Waals surface area contributed by atoms with E-state index in [0.717, 1.165) is 11.8 Å². The van der Waals surface area contributed by atoms with Crippen molar-refractivity contribution < 1.29 is 17.9 Å². The molecule has 0 aliphatic rings. The maximum Gasteiger partial charge on any atom is 0.257 e. The summed E-state index contributed by atoms with van der Waals surface area (Å²) in [4.78, 5) is 16.7. The average Bonchev–Trinajstić information content (AvgIpc) is 3.09. The molecule has 140 valence electrons. The number of nitrogens with one attached hydrogen (secondary N) is 2. The monoisotopic (exact) mass is 403 g/mol. The van der Waals surface area contributed by atoms with Crippen molar-refractivity contribution >= 4 is 38.1 Å². The highest BCUT2D eigenvalue weighted by atomic mass is 32.2. The lowest BCUT2D eigenvalue weighted by Crippen LogP contribution is -2.11. The van der Waals surface area contributed by atoms with Crippen molar-refractivity contribution in [3.05, 3.63) is 59.5 Å². The van der Waals surface area contributed by atoms with E-state index in [-0.39, 0.29) is 5.91 Å². The number of hydrogen-bond donors (Lipinski definition) is 2. The Morgan fingerprint density at radius 2 is 1.89 bits per heavy atom. The first kappa shape index (κ1) is 18.9. The molecule has 7 nitrogen and oxygen atoms in total. The molecule has 0 aliphatic carbocycles. The summed E-state index contributed by atoms with van der Waals surface area (Å²) in [7, 11) is -1.77. The topological polar surface area (TPSA) is 97.4 Å². The van der Waals surface area contributed by atoms with E-state index in [9.17, 15) is 13.2 Å². The molecule has 0 bridgehead atoms. The number of carbonyl (C=O) groups excluding carboxylic acids is 1. The molecule has 0 radical (unpaired) electrons. The molecule has 0 fully saturated rings. The van der Waals surface area contributed by atoms with E-state index in [1.165, 1.54) is 11.3 Å². The average molecular weight is 403 g/mol. The molecule has 2 aromatic carbocycles. The van der Waals surface area contributed by atoms with E-state index in [1.807, 2.05) is 5.38 Å². The fourth-order valence-corrected chi connectivity index (χ4v) is 3.60. The molecule has 1 heterocycles. The van der Waals surface area contributed by atoms with Crippen LogP contribution < -0.4 is 14.8 Å². The Morgan fingerprint density at radius 1 is 1.15 bits per heavy atom. The Balaban J connectivity index is 1.72. The Morgan fingerprint density at radius 3 is 2.56 bits per heavy atom. The van der Waals surface area contributed by atoms with Crippen LogP contribution in [0.1, 0.15) is 10.4 Å². The lowest BCUT2D eigenvalue weighted by molar-refractivity contribution is 0.102. The van der Waals surface area contributed by atoms with Crippen LogP contribution in [-0.4, -0.2) is 32.7 Å². The fraction of sp³-hybridized carbons (Fsp3) is 0.111. The molecule has 0 spiro atoms. The van der Waals surface area contributed by atoms with Gasteiger partial charge in [-0.05, 0) is 30.3 Å². The number of hydrogen-bond acceptors (Lipinski definition) is 6. The summed E-state index contributed by atoms with van der Waals surface area (Å²) >= 11 is 1.31. The highest BCUT2D eigenvalue weighted by molar-refractivity contribution is 7.92. The van der Waals surface area contributed by atoms with Gasteiger partial charge in [0, 0.05) is 22.2 Å². The number of ether oxygens (including phenoxy) is 1. The van der Waals surface area contributed by atoms with Gasteiger partial charge in [0.25, 0.3) is 5.91 Å². The Labute approximate surface area is 161 Å². The van der Waals surface area contributed by atoms with Crippen LogP contribution in [-0.2, 0) is 10.0 Å². The summed E-state index contributed by atoms with van der Waals surface area (Å²) in [5.41, 5.74) is 2.45. The number of sulfonamides is 1. The molecule has 0 saturated carbocycles. The van der Waals surface area contributed by atoms with Gasteiger partial charge in [0.05, 0.1) is 19.1 Å². The summed E-state index contributed by atoms with van der Waals surface area (Å²) in [5.74, 6) is 0.327. The number of rotatable bonds is 6. The van der Waals surface area contributed by atoms with Gasteiger partial charge in [-0.25, -0.2) is 13.4 Å². The molecule has 27 heavy (non-hydrogen) atoms. The fourth-order valence-electron chi connectivity index (χ4n) is 2.32. The normalized spacial score (nSPS) is 11.0. The number of nitrogens with zero attached hydrogens (tertiary/aromatic N) is 1. The molecule has 0 saturated heterocycles. The zero-order valence-electron chi connectivity index (χ0n) is 14.6. The molecular weight excluding hydrogens is 386 g/mol. The molecule has 3 rings (SSSR count). The first-order chi connectivity index (χ1) is 12.8. The van der Waals surface area contributed by atoms with Crippen molar-refractivity contribution in [2.75, 3.05) is 23.4 Å². The molecule has 0 aliphatic heterocycles. The zero-order valence-corrected chi connectivity index (χ0v) is 16.2. The van der Waals surface area contributed by atoms with Crippen LogP contribution in [0.5, 0.6) is 5.75 Å². The van der Waals surface area contributed by atoms with Crippen LogP contribution in [0, 0.1) is 0 Å². The lowest BCUT2D eigenvalue weighted by Gasteiger charge is -2.05. The van der Waals surface area contributed by atoms with Crippen LogP contribution in [0.3, 0.4) is 0 Å². The maximum absolute atomic E-state index is 12.3. The summed E-state index contributed by atoms with van der Waals surface area (Å²) in [5, 5.41) is 5.05. The maximum atomic E-state index is 12.3. The molecule has 1 amide bonds. The number of benzene rings is 2. The minimum atomic E-state index is -3.32. The van der Waals surface area contributed by atoms with Crippen molar-refractivity contribution in [1.29, 1.82) is 0 Å². The van der Waals surface area contributed by atoms with Crippen molar-refractivity contribution in [1.82, 2.24) is 4.98 Å². The van der Waals surface area contributed by atoms with Gasteiger partial charge in [-0.2, -0.15) is 0 Å². The van der Waals surface area contributed by atoms with Gasteiger partial charge in [-0.1, -0.05) is 18.2 Å². The van der Waals surface area contributed by atoms with Crippen LogP contribution >= 0.6 is 11.3 Å². The van der Waals surface area contributed by atoms with Crippen molar-refractivity contribution in [3.63, 3.8) is 0 Å². The van der Waals surface area contributed by atoms with Gasteiger partial charge in [-0.3, -0.25) is 14.8 Å². The zero-order chi connectivity index (χ0) is 19.4. The van der Waals surface area contributed by atoms with Crippen molar-refractivity contribution in [2.45, 2.75) is 0 Å². The van der Waals surface area contributed by atoms with Crippen molar-refractivity contribution in [3.8, 4) is 17.0 Å². The number of anilines is 2. The van der Waals surface area contributed by atoms with E-state index < -0.39 is 10.0 Å². The highest BCUT2D eigenvalue weighted by Crippen LogP contribution is 2.26. The van der Waals surface area contributed by atoms with Crippen molar-refractivity contribution in [2.24, 2.45) is 0 Å². The lowest BCUT2D eigenvalue weighted by atomic mass is 10.1. The molecule has 1 aromatic heterocycles. The number of methoxy groups -OCH3 is 1. The second-order valence-corrected chi connectivity index (χ2v) is 8.28. The minimum absolute atomic E-state index is 0.275. The number of aromatic nitrogens is 1. The van der Waals surface area contributed by atoms with Gasteiger partial charge in [0.15, 0.2) is 5.13 Å².